The van der Waals surface area contributed by atoms with Gasteiger partial charge in [-0.2, -0.15) is 0 Å². The molecule has 0 aliphatic carbocycles. The van der Waals surface area contributed by atoms with Crippen LogP contribution in [0, 0.1) is 5.92 Å². The molecule has 0 radical (unpaired) electrons. The van der Waals surface area contributed by atoms with Crippen LogP contribution >= 0.6 is 15.9 Å². The van der Waals surface area contributed by atoms with E-state index in [1.807, 2.05) is 24.9 Å². The number of ether oxygens (including phenoxy) is 2. The van der Waals surface area contributed by atoms with Gasteiger partial charge in [-0.15, -0.1) is 0 Å². The fraction of sp³-hybridized carbons (Fsp3) is 0.611. The number of piperidine rings is 1. The van der Waals surface area contributed by atoms with E-state index in [0.717, 1.165) is 36.9 Å². The molecule has 0 aromatic heterocycles. The van der Waals surface area contributed by atoms with Crippen LogP contribution in [0.1, 0.15) is 36.5 Å². The zero-order valence-corrected chi connectivity index (χ0v) is 16.3. The van der Waals surface area contributed by atoms with Crippen molar-refractivity contribution in [3.8, 4) is 11.5 Å². The molecule has 1 aromatic carbocycles. The van der Waals surface area contributed by atoms with E-state index in [-0.39, 0.29) is 5.91 Å². The van der Waals surface area contributed by atoms with E-state index in [2.05, 4.69) is 21.2 Å². The van der Waals surface area contributed by atoms with Gasteiger partial charge in [0.1, 0.15) is 0 Å². The van der Waals surface area contributed by atoms with Crippen molar-refractivity contribution in [3.05, 3.63) is 22.2 Å². The quantitative estimate of drug-likeness (QED) is 0.765. The van der Waals surface area contributed by atoms with Crippen molar-refractivity contribution in [1.82, 2.24) is 10.2 Å². The smallest absolute Gasteiger partial charge is 0.254 e. The highest BCUT2D eigenvalue weighted by atomic mass is 79.9. The van der Waals surface area contributed by atoms with Crippen LogP contribution in [0.2, 0.25) is 0 Å². The number of likely N-dealkylation sites (tertiary alicyclic amines) is 1. The first-order valence-electron chi connectivity index (χ1n) is 8.54. The van der Waals surface area contributed by atoms with Crippen LogP contribution in [0.3, 0.4) is 0 Å². The number of amides is 1. The van der Waals surface area contributed by atoms with Crippen LogP contribution in [-0.2, 0) is 0 Å². The highest BCUT2D eigenvalue weighted by molar-refractivity contribution is 9.10. The molecule has 1 fully saturated rings. The number of methoxy groups -OCH3 is 1. The molecule has 1 aliphatic rings. The number of hydrogen-bond donors (Lipinski definition) is 1. The molecule has 6 heteroatoms. The SMILES string of the molecule is CCOc1c(Br)cc(C(=O)N2CCC(CCNC)CC2)cc1OC. The summed E-state index contributed by atoms with van der Waals surface area (Å²) >= 11 is 3.49. The summed E-state index contributed by atoms with van der Waals surface area (Å²) in [5.74, 6) is 1.99. The Balaban J connectivity index is 2.06. The van der Waals surface area contributed by atoms with Crippen LogP contribution in [0.25, 0.3) is 0 Å². The van der Waals surface area contributed by atoms with E-state index < -0.39 is 0 Å². The Morgan fingerprint density at radius 2 is 2.08 bits per heavy atom. The summed E-state index contributed by atoms with van der Waals surface area (Å²) in [4.78, 5) is 14.7. The fourth-order valence-electron chi connectivity index (χ4n) is 3.08. The zero-order chi connectivity index (χ0) is 17.5. The first-order chi connectivity index (χ1) is 11.6. The second-order valence-corrected chi connectivity index (χ2v) is 6.90. The van der Waals surface area contributed by atoms with Crippen molar-refractivity contribution in [2.45, 2.75) is 26.2 Å². The molecule has 0 spiro atoms. The summed E-state index contributed by atoms with van der Waals surface area (Å²) < 4.78 is 11.7. The van der Waals surface area contributed by atoms with Crippen LogP contribution in [0.4, 0.5) is 0 Å². The summed E-state index contributed by atoms with van der Waals surface area (Å²) in [6.45, 7) is 5.15. The van der Waals surface area contributed by atoms with Crippen LogP contribution in [0.5, 0.6) is 11.5 Å². The van der Waals surface area contributed by atoms with E-state index in [4.69, 9.17) is 9.47 Å². The lowest BCUT2D eigenvalue weighted by molar-refractivity contribution is 0.0686. The van der Waals surface area contributed by atoms with E-state index >= 15 is 0 Å². The standard InChI is InChI=1S/C18H27BrN2O3/c1-4-24-17-15(19)11-14(12-16(17)23-3)18(22)21-9-6-13(7-10-21)5-8-20-2/h11-13,20H,4-10H2,1-3H3. The van der Waals surface area contributed by atoms with Gasteiger partial charge in [0, 0.05) is 18.7 Å². The van der Waals surface area contributed by atoms with Gasteiger partial charge in [-0.05, 0) is 73.8 Å². The maximum Gasteiger partial charge on any atom is 0.254 e. The second kappa shape index (κ2) is 9.28. The molecule has 24 heavy (non-hydrogen) atoms. The first kappa shape index (κ1) is 19.1. The third-order valence-electron chi connectivity index (χ3n) is 4.47. The normalized spacial score (nSPS) is 15.4. The topological polar surface area (TPSA) is 50.8 Å². The minimum absolute atomic E-state index is 0.0594. The molecule has 1 aliphatic heterocycles. The Morgan fingerprint density at radius 1 is 1.38 bits per heavy atom. The zero-order valence-electron chi connectivity index (χ0n) is 14.7. The van der Waals surface area contributed by atoms with Crippen molar-refractivity contribution < 1.29 is 14.3 Å². The van der Waals surface area contributed by atoms with Gasteiger partial charge in [-0.25, -0.2) is 0 Å². The summed E-state index contributed by atoms with van der Waals surface area (Å²) in [7, 11) is 3.57. The van der Waals surface area contributed by atoms with E-state index in [0.29, 0.717) is 29.6 Å². The molecule has 0 atom stereocenters. The predicted molar refractivity (Wildman–Crippen MR) is 99.0 cm³/mol. The highest BCUT2D eigenvalue weighted by Crippen LogP contribution is 2.37. The molecule has 1 heterocycles. The van der Waals surface area contributed by atoms with Gasteiger partial charge in [0.25, 0.3) is 5.91 Å². The molecule has 1 aromatic rings. The summed E-state index contributed by atoms with van der Waals surface area (Å²) in [5.41, 5.74) is 0.635. The number of nitrogens with one attached hydrogen (secondary N) is 1. The number of hydrogen-bond acceptors (Lipinski definition) is 4. The van der Waals surface area contributed by atoms with Gasteiger partial charge in [-0.3, -0.25) is 4.79 Å². The molecule has 134 valence electrons. The van der Waals surface area contributed by atoms with Gasteiger partial charge < -0.3 is 19.7 Å². The monoisotopic (exact) mass is 398 g/mol. The van der Waals surface area contributed by atoms with Crippen molar-refractivity contribution in [2.75, 3.05) is 40.4 Å². The first-order valence-corrected chi connectivity index (χ1v) is 9.34. The number of carbonyl (C=O) groups is 1. The van der Waals surface area contributed by atoms with Crippen molar-refractivity contribution in [3.63, 3.8) is 0 Å². The van der Waals surface area contributed by atoms with Gasteiger partial charge in [-0.1, -0.05) is 0 Å². The molecule has 0 bridgehead atoms. The Labute approximate surface area is 152 Å². The van der Waals surface area contributed by atoms with E-state index in [1.54, 1.807) is 13.2 Å². The fourth-order valence-corrected chi connectivity index (χ4v) is 3.64. The third kappa shape index (κ3) is 4.63. The lowest BCUT2D eigenvalue weighted by atomic mass is 9.93. The average molecular weight is 399 g/mol. The summed E-state index contributed by atoms with van der Waals surface area (Å²) in [5, 5.41) is 3.20. The second-order valence-electron chi connectivity index (χ2n) is 6.05. The number of carbonyl (C=O) groups excluding carboxylic acids is 1. The van der Waals surface area contributed by atoms with Crippen molar-refractivity contribution in [1.29, 1.82) is 0 Å². The van der Waals surface area contributed by atoms with Gasteiger partial charge in [0.15, 0.2) is 11.5 Å². The average Bonchev–Trinajstić information content (AvgIpc) is 2.61. The van der Waals surface area contributed by atoms with E-state index in [9.17, 15) is 4.79 Å². The molecular weight excluding hydrogens is 372 g/mol. The highest BCUT2D eigenvalue weighted by Gasteiger charge is 2.25. The third-order valence-corrected chi connectivity index (χ3v) is 5.06. The maximum atomic E-state index is 12.8. The van der Waals surface area contributed by atoms with Crippen LogP contribution < -0.4 is 14.8 Å². The van der Waals surface area contributed by atoms with Crippen LogP contribution in [0.15, 0.2) is 16.6 Å². The molecule has 0 unspecified atom stereocenters. The molecule has 1 amide bonds. The lowest BCUT2D eigenvalue weighted by Crippen LogP contribution is -2.39. The Hall–Kier alpha value is -1.27. The maximum absolute atomic E-state index is 12.8. The summed E-state index contributed by atoms with van der Waals surface area (Å²) in [6, 6.07) is 3.59. The largest absolute Gasteiger partial charge is 0.493 e. The number of nitrogens with zero attached hydrogens (tertiary/aromatic N) is 1. The minimum Gasteiger partial charge on any atom is -0.493 e. The minimum atomic E-state index is 0.0594. The molecule has 1 saturated heterocycles. The summed E-state index contributed by atoms with van der Waals surface area (Å²) in [6.07, 6.45) is 3.33. The molecule has 0 saturated carbocycles. The number of benzene rings is 1. The number of rotatable bonds is 7. The van der Waals surface area contributed by atoms with Crippen LogP contribution in [-0.4, -0.2) is 51.2 Å². The van der Waals surface area contributed by atoms with Gasteiger partial charge >= 0.3 is 0 Å². The van der Waals surface area contributed by atoms with Gasteiger partial charge in [0.05, 0.1) is 18.2 Å². The lowest BCUT2D eigenvalue weighted by Gasteiger charge is -2.32. The Kier molecular flexibility index (Phi) is 7.37. The molecular formula is C18H27BrN2O3. The predicted octanol–water partition coefficient (Wildman–Crippen LogP) is 3.32. The van der Waals surface area contributed by atoms with E-state index in [1.165, 1.54) is 6.42 Å². The number of halogens is 1. The Morgan fingerprint density at radius 3 is 2.67 bits per heavy atom. The Bertz CT molecular complexity index is 557. The molecule has 2 rings (SSSR count). The van der Waals surface area contributed by atoms with Gasteiger partial charge in [0.2, 0.25) is 0 Å². The molecule has 1 N–H and O–H groups in total. The van der Waals surface area contributed by atoms with Crippen molar-refractivity contribution in [2.24, 2.45) is 5.92 Å². The molecule has 5 nitrogen and oxygen atoms in total. The van der Waals surface area contributed by atoms with Crippen molar-refractivity contribution >= 4 is 21.8 Å².